The van der Waals surface area contributed by atoms with Crippen LogP contribution < -0.4 is 0 Å². The van der Waals surface area contributed by atoms with Crippen molar-refractivity contribution < 1.29 is 143 Å². The van der Waals surface area contributed by atoms with E-state index in [-0.39, 0.29) is 55.2 Å². The van der Waals surface area contributed by atoms with Gasteiger partial charge in [-0.3, -0.25) is 81.7 Å². The Morgan fingerprint density at radius 2 is 0.424 bits per heavy atom. The molecule has 0 spiro atoms. The zero-order valence-electron chi connectivity index (χ0n) is 75.2. The lowest BCUT2D eigenvalue weighted by atomic mass is 9.55. The fraction of sp³-hybridized carbons (Fsp3) is 0.753. The van der Waals surface area contributed by atoms with Gasteiger partial charge in [-0.15, -0.1) is 0 Å². The lowest BCUT2D eigenvalue weighted by Gasteiger charge is -2.47. The number of ether oxygens (including phenoxy) is 14. The van der Waals surface area contributed by atoms with Crippen molar-refractivity contribution in [2.24, 2.45) is 75.8 Å². The van der Waals surface area contributed by atoms with Gasteiger partial charge in [0.05, 0.1) is 182 Å². The summed E-state index contributed by atoms with van der Waals surface area (Å²) in [7, 11) is 15.0. The van der Waals surface area contributed by atoms with E-state index >= 15 is 4.79 Å². The number of pyridine rings is 1. The number of hydrogen-bond donors (Lipinski definition) is 0. The quantitative estimate of drug-likeness (QED) is 0.0253. The summed E-state index contributed by atoms with van der Waals surface area (Å²) in [6.45, 7) is 21.2. The van der Waals surface area contributed by atoms with Crippen molar-refractivity contribution in [3.63, 3.8) is 0 Å². The Balaban J connectivity index is 4.30. The van der Waals surface area contributed by atoms with Crippen molar-refractivity contribution in [1.29, 1.82) is 0 Å². The van der Waals surface area contributed by atoms with E-state index in [0.29, 0.717) is 5.75 Å². The second-order valence-corrected chi connectivity index (χ2v) is 38.2. The van der Waals surface area contributed by atoms with Crippen molar-refractivity contribution >= 4 is 119 Å². The molecule has 670 valence electrons. The molecule has 0 aromatic carbocycles. The number of nitrogens with zero attached hydrogens (tertiary/aromatic N) is 1. The molecule has 0 aliphatic carbocycles. The molecule has 0 aliphatic rings. The SMILES string of the molecule is COC(=O)C(C)(C)CC(C)(CC(C)(CC(C)(CC(C)(CC(C)(CC(C)(CC(C)(CC(C)(CC(C)(CC(C)(CC(C)(CC(C)(CC(C)(CSCCC(=O)CC(=O)CCSCCc1ccncc1)C(=O)OC)C(=O)OC)C(=O)OC)C(=O)OC)C(=O)OC)C(=O)OC)C(=O)OC)C(=O)OC)C(=O)OC)C(=O)OC)C(=O)OC)C(=O)OC)C(=O)OC. The number of aromatic nitrogens is 1. The zero-order valence-corrected chi connectivity index (χ0v) is 76.8. The highest BCUT2D eigenvalue weighted by atomic mass is 32.2. The van der Waals surface area contributed by atoms with Crippen LogP contribution in [0.3, 0.4) is 0 Å². The summed E-state index contributed by atoms with van der Waals surface area (Å²) in [5.41, 5.74) is -25.7. The van der Waals surface area contributed by atoms with Gasteiger partial charge >= 0.3 is 83.6 Å². The van der Waals surface area contributed by atoms with Gasteiger partial charge in [0.15, 0.2) is 0 Å². The molecule has 1 heterocycles. The summed E-state index contributed by atoms with van der Waals surface area (Å²) >= 11 is 2.79. The van der Waals surface area contributed by atoms with E-state index in [1.54, 1.807) is 24.2 Å². The van der Waals surface area contributed by atoms with Gasteiger partial charge in [0, 0.05) is 42.5 Å². The number of esters is 14. The number of aryl methyl sites for hydroxylation is 1. The molecule has 13 atom stereocenters. The Morgan fingerprint density at radius 1 is 0.246 bits per heavy atom. The summed E-state index contributed by atoms with van der Waals surface area (Å²) in [4.78, 5) is 234. The fourth-order valence-corrected chi connectivity index (χ4v) is 21.6. The van der Waals surface area contributed by atoms with Gasteiger partial charge in [0.1, 0.15) is 11.6 Å². The molecule has 0 bridgehead atoms. The highest BCUT2D eigenvalue weighted by Crippen LogP contribution is 2.59. The lowest BCUT2D eigenvalue weighted by Crippen LogP contribution is -2.51. The van der Waals surface area contributed by atoms with E-state index in [1.165, 1.54) is 123 Å². The van der Waals surface area contributed by atoms with Gasteiger partial charge in [-0.2, -0.15) is 23.5 Å². The minimum atomic E-state index is -2.11. The van der Waals surface area contributed by atoms with Gasteiger partial charge in [-0.25, -0.2) is 0 Å². The molecule has 1 rings (SSSR count). The monoisotopic (exact) mass is 1710 g/mol. The molecule has 0 N–H and O–H groups in total. The maximum absolute atomic E-state index is 15.0. The van der Waals surface area contributed by atoms with Crippen molar-refractivity contribution in [3.05, 3.63) is 30.1 Å². The van der Waals surface area contributed by atoms with E-state index < -0.39 is 230 Å². The third-order valence-corrected chi connectivity index (χ3v) is 25.2. The Labute approximate surface area is 704 Å². The number of ketones is 2. The molecular formula is C85H133NO30S2. The van der Waals surface area contributed by atoms with Crippen LogP contribution >= 0.6 is 23.5 Å². The van der Waals surface area contributed by atoms with Crippen LogP contribution in [-0.2, 0) is 149 Å². The molecule has 0 fully saturated rings. The van der Waals surface area contributed by atoms with Gasteiger partial charge in [0.2, 0.25) is 0 Å². The summed E-state index contributed by atoms with van der Waals surface area (Å²) < 4.78 is 75.6. The van der Waals surface area contributed by atoms with Gasteiger partial charge in [-0.1, -0.05) is 0 Å². The molecule has 31 nitrogen and oxygen atoms in total. The topological polar surface area (TPSA) is 415 Å². The van der Waals surface area contributed by atoms with Crippen LogP contribution in [0, 0.1) is 75.8 Å². The van der Waals surface area contributed by atoms with Crippen molar-refractivity contribution in [3.8, 4) is 0 Å². The number of rotatable bonds is 53. The smallest absolute Gasteiger partial charge is 0.312 e. The highest BCUT2D eigenvalue weighted by molar-refractivity contribution is 7.99. The summed E-state index contributed by atoms with van der Waals surface area (Å²) in [5, 5.41) is 0. The summed E-state index contributed by atoms with van der Waals surface area (Å²) in [6, 6.07) is 3.84. The molecular weight excluding hydrogens is 1580 g/mol. The predicted molar refractivity (Wildman–Crippen MR) is 434 cm³/mol. The average molecular weight is 1710 g/mol. The van der Waals surface area contributed by atoms with E-state index in [2.05, 4.69) is 4.98 Å². The zero-order chi connectivity index (χ0) is 91.5. The van der Waals surface area contributed by atoms with Crippen molar-refractivity contribution in [2.45, 2.75) is 213 Å². The van der Waals surface area contributed by atoms with Crippen LogP contribution in [0.5, 0.6) is 0 Å². The number of hydrogen-bond acceptors (Lipinski definition) is 33. The molecule has 1 aromatic heterocycles. The van der Waals surface area contributed by atoms with Crippen LogP contribution in [0.4, 0.5) is 0 Å². The third kappa shape index (κ3) is 27.9. The van der Waals surface area contributed by atoms with E-state index in [0.717, 1.165) is 110 Å². The Hall–Kier alpha value is -8.23. The van der Waals surface area contributed by atoms with Crippen LogP contribution in [-0.4, -0.2) is 223 Å². The minimum Gasteiger partial charge on any atom is -0.469 e. The van der Waals surface area contributed by atoms with Crippen LogP contribution in [0.2, 0.25) is 0 Å². The number of thioether (sulfide) groups is 2. The first-order valence-electron chi connectivity index (χ1n) is 38.6. The second kappa shape index (κ2) is 44.4. The first-order valence-corrected chi connectivity index (χ1v) is 40.9. The number of carbonyl (C=O) groups excluding carboxylic acids is 16. The number of Topliss-reactive ketones (excluding diaryl/α,β-unsaturated/α-hetero) is 2. The maximum Gasteiger partial charge on any atom is 0.312 e. The number of carbonyl (C=O) groups is 16. The lowest BCUT2D eigenvalue weighted by molar-refractivity contribution is -0.175. The molecule has 33 heteroatoms. The highest BCUT2D eigenvalue weighted by Gasteiger charge is 2.63. The Kier molecular flexibility index (Phi) is 40.5. The minimum absolute atomic E-state index is 0.0198. The normalized spacial score (nSPS) is 18.2. The molecule has 0 radical (unpaired) electrons. The first kappa shape index (κ1) is 108. The van der Waals surface area contributed by atoms with Crippen LogP contribution in [0.25, 0.3) is 0 Å². The molecule has 13 unspecified atom stereocenters. The van der Waals surface area contributed by atoms with E-state index in [1.807, 2.05) is 12.1 Å². The van der Waals surface area contributed by atoms with Crippen molar-refractivity contribution in [2.75, 3.05) is 123 Å². The standard InChI is InChI=1S/C85H133NO30S2/c1-72(2,58(89)103-16)41-73(3,59(90)104-17)42-74(4,60(91)105-18)43-75(5,61(92)106-19)44-76(6,62(93)107-20)45-77(7,63(94)108-21)46-78(8,64(95)109-22)47-79(9,65(96)110-23)48-80(10,66(97)111-24)49-81(11,67(98)112-25)50-82(12,68(99)113-26)51-83(13,69(100)114-27)52-84(14,70(101)115-28)53-85(15,71(102)116-29)54-118-39-34-57(88)40-56(87)33-38-117-37-32-55-30-35-86-36-31-55/h30-31,35-36H,32-34,37-54H2,1-29H3. The fourth-order valence-electron chi connectivity index (χ4n) is 19.4. The molecule has 0 aliphatic heterocycles. The predicted octanol–water partition coefficient (Wildman–Crippen LogP) is 11.0. The van der Waals surface area contributed by atoms with Crippen LogP contribution in [0.15, 0.2) is 24.5 Å². The maximum atomic E-state index is 15.0. The Morgan fingerprint density at radius 3 is 0.627 bits per heavy atom. The third-order valence-electron chi connectivity index (χ3n) is 22.9. The molecule has 1 aromatic rings. The first-order chi connectivity index (χ1) is 54.3. The van der Waals surface area contributed by atoms with Gasteiger partial charge < -0.3 is 66.3 Å². The molecule has 118 heavy (non-hydrogen) atoms. The Bertz CT molecular complexity index is 3740. The molecule has 0 saturated carbocycles. The van der Waals surface area contributed by atoms with E-state index in [9.17, 15) is 71.9 Å². The van der Waals surface area contributed by atoms with Crippen LogP contribution in [0.1, 0.15) is 212 Å². The van der Waals surface area contributed by atoms with Gasteiger partial charge in [0.25, 0.3) is 0 Å². The molecule has 0 saturated heterocycles. The van der Waals surface area contributed by atoms with Gasteiger partial charge in [-0.05, 0) is 217 Å². The average Bonchev–Trinajstić information content (AvgIpc) is 0.748. The van der Waals surface area contributed by atoms with E-state index in [4.69, 9.17) is 66.3 Å². The molecule has 0 amide bonds. The number of methoxy groups -OCH3 is 14. The summed E-state index contributed by atoms with van der Waals surface area (Å²) in [5.74, 6) is -12.5. The van der Waals surface area contributed by atoms with Crippen molar-refractivity contribution in [1.82, 2.24) is 4.98 Å². The largest absolute Gasteiger partial charge is 0.469 e. The summed E-state index contributed by atoms with van der Waals surface area (Å²) in [6.07, 6.45) is -3.21. The second-order valence-electron chi connectivity index (χ2n) is 35.9.